The molecule has 0 amide bonds. The second-order valence-electron chi connectivity index (χ2n) is 11.0. The van der Waals surface area contributed by atoms with E-state index in [2.05, 4.69) is 107 Å². The molecule has 0 saturated carbocycles. The summed E-state index contributed by atoms with van der Waals surface area (Å²) in [7, 11) is 0. The highest BCUT2D eigenvalue weighted by atomic mass is 16.3. The summed E-state index contributed by atoms with van der Waals surface area (Å²) in [4.78, 5) is 10.1. The normalized spacial score (nSPS) is 15.0. The molecule has 3 heterocycles. The molecular weight excluding hydrogens is 540 g/mol. The monoisotopic (exact) mass is 566 g/mol. The number of aromatic nitrogens is 1. The van der Waals surface area contributed by atoms with Gasteiger partial charge >= 0.3 is 0 Å². The first kappa shape index (κ1) is 24.6. The Bertz CT molecular complexity index is 2360. The fourth-order valence-corrected chi connectivity index (χ4v) is 6.46. The van der Waals surface area contributed by atoms with Crippen LogP contribution in [0.2, 0.25) is 0 Å². The minimum Gasteiger partial charge on any atom is -0.453 e. The van der Waals surface area contributed by atoms with Crippen LogP contribution in [0, 0.1) is 0 Å². The molecule has 0 saturated heterocycles. The minimum absolute atomic E-state index is 0.285. The van der Waals surface area contributed by atoms with Gasteiger partial charge < -0.3 is 14.3 Å². The number of amidine groups is 2. The molecule has 6 aromatic carbocycles. The van der Waals surface area contributed by atoms with Crippen LogP contribution >= 0.6 is 0 Å². The predicted molar refractivity (Wildman–Crippen MR) is 180 cm³/mol. The molecule has 2 aromatic heterocycles. The van der Waals surface area contributed by atoms with Gasteiger partial charge in [0.15, 0.2) is 11.4 Å². The Kier molecular flexibility index (Phi) is 5.50. The van der Waals surface area contributed by atoms with E-state index in [-0.39, 0.29) is 6.17 Å². The molecule has 0 spiro atoms. The van der Waals surface area contributed by atoms with E-state index in [1.165, 1.54) is 10.8 Å². The van der Waals surface area contributed by atoms with Gasteiger partial charge in [-0.05, 0) is 29.8 Å². The third-order valence-electron chi connectivity index (χ3n) is 8.47. The predicted octanol–water partition coefficient (Wildman–Crippen LogP) is 9.18. The second-order valence-corrected chi connectivity index (χ2v) is 11.0. The van der Waals surface area contributed by atoms with Crippen LogP contribution in [0.5, 0.6) is 0 Å². The maximum absolute atomic E-state index is 6.89. The van der Waals surface area contributed by atoms with Crippen LogP contribution in [0.1, 0.15) is 22.9 Å². The molecule has 1 aliphatic rings. The van der Waals surface area contributed by atoms with Crippen molar-refractivity contribution < 1.29 is 4.42 Å². The number of benzene rings is 6. The van der Waals surface area contributed by atoms with E-state index in [1.54, 1.807) is 0 Å². The van der Waals surface area contributed by atoms with E-state index in [4.69, 9.17) is 14.4 Å². The molecule has 1 N–H and O–H groups in total. The first-order valence-corrected chi connectivity index (χ1v) is 14.8. The summed E-state index contributed by atoms with van der Waals surface area (Å²) in [6, 6.07) is 50.2. The van der Waals surface area contributed by atoms with Crippen molar-refractivity contribution in [2.24, 2.45) is 9.98 Å². The molecule has 8 aromatic rings. The van der Waals surface area contributed by atoms with E-state index in [9.17, 15) is 0 Å². The first-order valence-electron chi connectivity index (χ1n) is 14.8. The highest BCUT2D eigenvalue weighted by Gasteiger charge is 2.24. The summed E-state index contributed by atoms with van der Waals surface area (Å²) in [5, 5.41) is 8.16. The lowest BCUT2D eigenvalue weighted by atomic mass is 10.1. The fraction of sp³-hybridized carbons (Fsp3) is 0.0256. The molecule has 0 radical (unpaired) electrons. The Morgan fingerprint density at radius 3 is 1.86 bits per heavy atom. The van der Waals surface area contributed by atoms with Crippen LogP contribution in [0.4, 0.5) is 0 Å². The van der Waals surface area contributed by atoms with Crippen molar-refractivity contribution in [3.05, 3.63) is 162 Å². The van der Waals surface area contributed by atoms with Gasteiger partial charge in [-0.15, -0.1) is 0 Å². The van der Waals surface area contributed by atoms with Crippen molar-refractivity contribution in [1.29, 1.82) is 0 Å². The number of nitrogens with one attached hydrogen (secondary N) is 1. The SMILES string of the molecule is c1ccc(C2=NC(c3ccccc3)NC(c3cccc4c3oc3c(-n5c6ccccc6c6ccccc65)cccc34)=N2)cc1. The Balaban J connectivity index is 1.27. The number of hydrogen-bond donors (Lipinski definition) is 1. The van der Waals surface area contributed by atoms with E-state index in [1.807, 2.05) is 48.5 Å². The average molecular weight is 567 g/mol. The molecule has 5 heteroatoms. The summed E-state index contributed by atoms with van der Waals surface area (Å²) in [6.07, 6.45) is -0.285. The Morgan fingerprint density at radius 2 is 1.14 bits per heavy atom. The zero-order valence-corrected chi connectivity index (χ0v) is 23.7. The van der Waals surface area contributed by atoms with E-state index < -0.39 is 0 Å². The lowest BCUT2D eigenvalue weighted by Gasteiger charge is -2.23. The Labute approximate surface area is 253 Å². The van der Waals surface area contributed by atoms with Crippen LogP contribution in [0.3, 0.4) is 0 Å². The summed E-state index contributed by atoms with van der Waals surface area (Å²) in [5.41, 5.74) is 7.88. The molecule has 0 aliphatic carbocycles. The highest BCUT2D eigenvalue weighted by molar-refractivity contribution is 6.20. The van der Waals surface area contributed by atoms with Gasteiger partial charge in [-0.3, -0.25) is 0 Å². The average Bonchev–Trinajstić information content (AvgIpc) is 3.65. The van der Waals surface area contributed by atoms with Crippen LogP contribution < -0.4 is 5.32 Å². The number of fused-ring (bicyclic) bond motifs is 6. The van der Waals surface area contributed by atoms with Crippen molar-refractivity contribution in [3.63, 3.8) is 0 Å². The van der Waals surface area contributed by atoms with Crippen molar-refractivity contribution >= 4 is 55.4 Å². The van der Waals surface area contributed by atoms with Gasteiger partial charge in [-0.1, -0.05) is 121 Å². The lowest BCUT2D eigenvalue weighted by Crippen LogP contribution is -2.33. The standard InChI is InChI=1S/C39H26N4O/c1-3-13-25(14-4-1)37-40-38(26-15-5-2-6-16-26)42-39(41-37)31-21-11-19-29-30-20-12-24-34(36(30)44-35(29)31)43-32-22-9-7-17-27(32)28-18-8-10-23-33(28)43/h1-24,37H,(H,40,41,42). The number of aliphatic imine (C=N–C) groups is 2. The molecule has 0 fully saturated rings. The van der Waals surface area contributed by atoms with Gasteiger partial charge in [0.1, 0.15) is 17.6 Å². The Hall–Kier alpha value is -5.94. The molecule has 1 aliphatic heterocycles. The Morgan fingerprint density at radius 1 is 0.545 bits per heavy atom. The van der Waals surface area contributed by atoms with Crippen LogP contribution in [-0.4, -0.2) is 16.2 Å². The maximum atomic E-state index is 6.89. The zero-order valence-electron chi connectivity index (χ0n) is 23.7. The van der Waals surface area contributed by atoms with Crippen molar-refractivity contribution in [2.45, 2.75) is 6.17 Å². The summed E-state index contributed by atoms with van der Waals surface area (Å²) in [5.74, 6) is 1.42. The quantitative estimate of drug-likeness (QED) is 0.231. The van der Waals surface area contributed by atoms with Crippen molar-refractivity contribution in [3.8, 4) is 5.69 Å². The third-order valence-corrected chi connectivity index (χ3v) is 8.47. The third kappa shape index (κ3) is 3.80. The van der Waals surface area contributed by atoms with E-state index >= 15 is 0 Å². The van der Waals surface area contributed by atoms with Gasteiger partial charge in [0.25, 0.3) is 0 Å². The fourth-order valence-electron chi connectivity index (χ4n) is 6.46. The van der Waals surface area contributed by atoms with Crippen LogP contribution in [0.15, 0.2) is 160 Å². The van der Waals surface area contributed by atoms with Gasteiger partial charge in [0, 0.05) is 27.1 Å². The van der Waals surface area contributed by atoms with E-state index in [0.717, 1.165) is 61.2 Å². The minimum atomic E-state index is -0.285. The van der Waals surface area contributed by atoms with Crippen LogP contribution in [0.25, 0.3) is 49.4 Å². The maximum Gasteiger partial charge on any atom is 0.159 e. The lowest BCUT2D eigenvalue weighted by molar-refractivity contribution is 0.658. The summed E-state index contributed by atoms with van der Waals surface area (Å²) < 4.78 is 9.21. The van der Waals surface area contributed by atoms with Gasteiger partial charge in [-0.25, -0.2) is 9.98 Å². The summed E-state index contributed by atoms with van der Waals surface area (Å²) in [6.45, 7) is 0. The summed E-state index contributed by atoms with van der Waals surface area (Å²) >= 11 is 0. The van der Waals surface area contributed by atoms with Crippen LogP contribution in [-0.2, 0) is 0 Å². The number of para-hydroxylation sites is 4. The molecule has 1 unspecified atom stereocenters. The number of hydrogen-bond acceptors (Lipinski definition) is 4. The molecular formula is C39H26N4O. The largest absolute Gasteiger partial charge is 0.453 e. The molecule has 9 rings (SSSR count). The van der Waals surface area contributed by atoms with E-state index in [0.29, 0.717) is 5.84 Å². The van der Waals surface area contributed by atoms with Gasteiger partial charge in [-0.2, -0.15) is 0 Å². The smallest absolute Gasteiger partial charge is 0.159 e. The molecule has 208 valence electrons. The first-order chi connectivity index (χ1) is 21.8. The molecule has 44 heavy (non-hydrogen) atoms. The molecule has 5 nitrogen and oxygen atoms in total. The number of nitrogens with zero attached hydrogens (tertiary/aromatic N) is 3. The molecule has 0 bridgehead atoms. The molecule has 1 atom stereocenters. The number of rotatable bonds is 4. The van der Waals surface area contributed by atoms with Crippen molar-refractivity contribution in [1.82, 2.24) is 9.88 Å². The second kappa shape index (κ2) is 9.82. The van der Waals surface area contributed by atoms with Gasteiger partial charge in [0.05, 0.1) is 22.3 Å². The highest BCUT2D eigenvalue weighted by Crippen LogP contribution is 2.39. The van der Waals surface area contributed by atoms with Gasteiger partial charge in [0.2, 0.25) is 0 Å². The van der Waals surface area contributed by atoms with Crippen molar-refractivity contribution in [2.75, 3.05) is 0 Å². The number of furan rings is 1. The topological polar surface area (TPSA) is 54.8 Å². The zero-order chi connectivity index (χ0) is 29.0.